The maximum absolute atomic E-state index is 12.0. The van der Waals surface area contributed by atoms with Gasteiger partial charge in [0.05, 0.1) is 20.3 Å². The zero-order valence-corrected chi connectivity index (χ0v) is 14.0. The predicted octanol–water partition coefficient (Wildman–Crippen LogP) is 4.24. The Bertz CT molecular complexity index is 674. The molecule has 0 fully saturated rings. The van der Waals surface area contributed by atoms with Crippen LogP contribution >= 0.6 is 11.6 Å². The van der Waals surface area contributed by atoms with Gasteiger partial charge in [-0.1, -0.05) is 17.7 Å². The van der Waals surface area contributed by atoms with Crippen molar-refractivity contribution in [2.24, 2.45) is 0 Å². The van der Waals surface area contributed by atoms with Crippen LogP contribution in [0.2, 0.25) is 5.02 Å². The first-order valence-corrected chi connectivity index (χ1v) is 7.46. The average molecular weight is 335 g/mol. The first-order chi connectivity index (χ1) is 11.0. The summed E-state index contributed by atoms with van der Waals surface area (Å²) >= 11 is 5.82. The van der Waals surface area contributed by atoms with Crippen LogP contribution in [0, 0.1) is 0 Å². The molecule has 1 atom stereocenters. The van der Waals surface area contributed by atoms with Crippen LogP contribution in [0.3, 0.4) is 0 Å². The molecule has 2 aromatic rings. The summed E-state index contributed by atoms with van der Waals surface area (Å²) in [6.45, 7) is 1.89. The number of ether oxygens (including phenoxy) is 2. The molecule has 0 saturated heterocycles. The highest BCUT2D eigenvalue weighted by molar-refractivity contribution is 6.30. The van der Waals surface area contributed by atoms with Crippen LogP contribution in [0.5, 0.6) is 11.5 Å². The number of urea groups is 1. The van der Waals surface area contributed by atoms with Gasteiger partial charge in [0.2, 0.25) is 0 Å². The number of carbonyl (C=O) groups is 1. The minimum Gasteiger partial charge on any atom is -0.493 e. The molecule has 2 rings (SSSR count). The summed E-state index contributed by atoms with van der Waals surface area (Å²) in [5, 5.41) is 6.25. The Labute approximate surface area is 140 Å². The van der Waals surface area contributed by atoms with Crippen molar-refractivity contribution in [3.8, 4) is 11.5 Å². The predicted molar refractivity (Wildman–Crippen MR) is 91.6 cm³/mol. The molecule has 2 amide bonds. The summed E-state index contributed by atoms with van der Waals surface area (Å²) in [7, 11) is 3.16. The van der Waals surface area contributed by atoms with Gasteiger partial charge in [-0.2, -0.15) is 0 Å². The standard InChI is InChI=1S/C17H19ClN2O3/c1-11(12-4-9-15(22-2)16(10-12)23-3)19-17(21)20-14-7-5-13(18)6-8-14/h4-11H,1-3H3,(H2,19,20,21). The summed E-state index contributed by atoms with van der Waals surface area (Å²) in [4.78, 5) is 12.0. The number of rotatable bonds is 5. The van der Waals surface area contributed by atoms with E-state index >= 15 is 0 Å². The Balaban J connectivity index is 2.01. The fraction of sp³-hybridized carbons (Fsp3) is 0.235. The van der Waals surface area contributed by atoms with Gasteiger partial charge in [-0.25, -0.2) is 4.79 Å². The molecule has 0 bridgehead atoms. The number of amides is 2. The lowest BCUT2D eigenvalue weighted by atomic mass is 10.1. The smallest absolute Gasteiger partial charge is 0.319 e. The zero-order valence-electron chi connectivity index (χ0n) is 13.2. The Morgan fingerprint density at radius 3 is 2.30 bits per heavy atom. The quantitative estimate of drug-likeness (QED) is 0.859. The van der Waals surface area contributed by atoms with E-state index in [2.05, 4.69) is 10.6 Å². The fourth-order valence-electron chi connectivity index (χ4n) is 2.10. The van der Waals surface area contributed by atoms with Crippen molar-refractivity contribution in [2.75, 3.05) is 19.5 Å². The number of hydrogen-bond donors (Lipinski definition) is 2. The second kappa shape index (κ2) is 7.74. The molecule has 0 aliphatic heterocycles. The first kappa shape index (κ1) is 17.0. The molecule has 0 aromatic heterocycles. The Hall–Kier alpha value is -2.40. The highest BCUT2D eigenvalue weighted by Crippen LogP contribution is 2.29. The van der Waals surface area contributed by atoms with Crippen molar-refractivity contribution >= 4 is 23.3 Å². The van der Waals surface area contributed by atoms with Gasteiger partial charge >= 0.3 is 6.03 Å². The van der Waals surface area contributed by atoms with Crippen molar-refractivity contribution in [3.05, 3.63) is 53.1 Å². The van der Waals surface area contributed by atoms with Gasteiger partial charge in [-0.15, -0.1) is 0 Å². The third-order valence-corrected chi connectivity index (χ3v) is 3.61. The van der Waals surface area contributed by atoms with E-state index in [1.165, 1.54) is 0 Å². The number of methoxy groups -OCH3 is 2. The van der Waals surface area contributed by atoms with Crippen molar-refractivity contribution in [2.45, 2.75) is 13.0 Å². The van der Waals surface area contributed by atoms with Crippen molar-refractivity contribution in [1.82, 2.24) is 5.32 Å². The molecule has 2 N–H and O–H groups in total. The molecule has 0 heterocycles. The van der Waals surface area contributed by atoms with Crippen LogP contribution in [-0.2, 0) is 0 Å². The molecule has 122 valence electrons. The SMILES string of the molecule is COc1ccc(C(C)NC(=O)Nc2ccc(Cl)cc2)cc1OC. The monoisotopic (exact) mass is 334 g/mol. The largest absolute Gasteiger partial charge is 0.493 e. The van der Waals surface area contributed by atoms with E-state index in [0.717, 1.165) is 5.56 Å². The van der Waals surface area contributed by atoms with E-state index in [0.29, 0.717) is 22.2 Å². The second-order valence-corrected chi connectivity index (χ2v) is 5.38. The number of halogens is 1. The lowest BCUT2D eigenvalue weighted by molar-refractivity contribution is 0.249. The van der Waals surface area contributed by atoms with Crippen LogP contribution in [0.25, 0.3) is 0 Å². The summed E-state index contributed by atoms with van der Waals surface area (Å²) in [5.41, 5.74) is 1.58. The molecule has 0 saturated carbocycles. The molecule has 0 radical (unpaired) electrons. The van der Waals surface area contributed by atoms with Crippen LogP contribution in [0.15, 0.2) is 42.5 Å². The van der Waals surface area contributed by atoms with Gasteiger partial charge < -0.3 is 20.1 Å². The van der Waals surface area contributed by atoms with Gasteiger partial charge in [0.15, 0.2) is 11.5 Å². The van der Waals surface area contributed by atoms with Gasteiger partial charge in [0.25, 0.3) is 0 Å². The van der Waals surface area contributed by atoms with Crippen LogP contribution < -0.4 is 20.1 Å². The Kier molecular flexibility index (Phi) is 5.71. The Morgan fingerprint density at radius 1 is 1.04 bits per heavy atom. The highest BCUT2D eigenvalue weighted by atomic mass is 35.5. The lowest BCUT2D eigenvalue weighted by Crippen LogP contribution is -2.31. The average Bonchev–Trinajstić information content (AvgIpc) is 2.56. The number of benzene rings is 2. The van der Waals surface area contributed by atoms with Crippen molar-refractivity contribution in [1.29, 1.82) is 0 Å². The van der Waals surface area contributed by atoms with E-state index in [4.69, 9.17) is 21.1 Å². The normalized spacial score (nSPS) is 11.5. The van der Waals surface area contributed by atoms with E-state index in [1.54, 1.807) is 38.5 Å². The first-order valence-electron chi connectivity index (χ1n) is 7.08. The lowest BCUT2D eigenvalue weighted by Gasteiger charge is -2.17. The third kappa shape index (κ3) is 4.53. The number of nitrogens with one attached hydrogen (secondary N) is 2. The van der Waals surface area contributed by atoms with Gasteiger partial charge in [-0.05, 0) is 48.9 Å². The second-order valence-electron chi connectivity index (χ2n) is 4.94. The molecule has 0 aliphatic rings. The van der Waals surface area contributed by atoms with Gasteiger partial charge in [-0.3, -0.25) is 0 Å². The van der Waals surface area contributed by atoms with E-state index in [-0.39, 0.29) is 12.1 Å². The maximum Gasteiger partial charge on any atom is 0.319 e. The zero-order chi connectivity index (χ0) is 16.8. The molecule has 0 spiro atoms. The summed E-state index contributed by atoms with van der Waals surface area (Å²) < 4.78 is 10.5. The van der Waals surface area contributed by atoms with Crippen molar-refractivity contribution < 1.29 is 14.3 Å². The van der Waals surface area contributed by atoms with Gasteiger partial charge in [0.1, 0.15) is 0 Å². The molecule has 5 nitrogen and oxygen atoms in total. The molecule has 0 aliphatic carbocycles. The summed E-state index contributed by atoms with van der Waals surface area (Å²) in [5.74, 6) is 1.27. The van der Waals surface area contributed by atoms with Crippen LogP contribution in [-0.4, -0.2) is 20.3 Å². The number of carbonyl (C=O) groups excluding carboxylic acids is 1. The Morgan fingerprint density at radius 2 is 1.70 bits per heavy atom. The van der Waals surface area contributed by atoms with E-state index in [9.17, 15) is 4.79 Å². The third-order valence-electron chi connectivity index (χ3n) is 3.36. The fourth-order valence-corrected chi connectivity index (χ4v) is 2.23. The van der Waals surface area contributed by atoms with E-state index in [1.807, 2.05) is 25.1 Å². The topological polar surface area (TPSA) is 59.6 Å². The minimum absolute atomic E-state index is 0.192. The summed E-state index contributed by atoms with van der Waals surface area (Å²) in [6.07, 6.45) is 0. The number of anilines is 1. The molecular formula is C17H19ClN2O3. The molecule has 6 heteroatoms. The van der Waals surface area contributed by atoms with Crippen molar-refractivity contribution in [3.63, 3.8) is 0 Å². The molecule has 23 heavy (non-hydrogen) atoms. The van der Waals surface area contributed by atoms with E-state index < -0.39 is 0 Å². The summed E-state index contributed by atoms with van der Waals surface area (Å²) in [6, 6.07) is 12.0. The number of hydrogen-bond acceptors (Lipinski definition) is 3. The van der Waals surface area contributed by atoms with Crippen LogP contribution in [0.4, 0.5) is 10.5 Å². The van der Waals surface area contributed by atoms with Gasteiger partial charge in [0, 0.05) is 10.7 Å². The maximum atomic E-state index is 12.0. The minimum atomic E-state index is -0.297. The highest BCUT2D eigenvalue weighted by Gasteiger charge is 2.12. The molecule has 1 unspecified atom stereocenters. The molecule has 2 aromatic carbocycles. The van der Waals surface area contributed by atoms with Crippen LogP contribution in [0.1, 0.15) is 18.5 Å². The molecular weight excluding hydrogens is 316 g/mol.